The van der Waals surface area contributed by atoms with Crippen molar-refractivity contribution in [1.29, 1.82) is 0 Å². The smallest absolute Gasteiger partial charge is 0.245 e. The molecule has 1 unspecified atom stereocenters. The number of benzene rings is 2. The fourth-order valence-electron chi connectivity index (χ4n) is 2.47. The van der Waals surface area contributed by atoms with Crippen LogP contribution >= 0.6 is 15.9 Å². The van der Waals surface area contributed by atoms with Gasteiger partial charge in [-0.25, -0.2) is 0 Å². The van der Waals surface area contributed by atoms with Crippen LogP contribution < -0.4 is 16.0 Å². The van der Waals surface area contributed by atoms with E-state index in [1.165, 1.54) is 5.56 Å². The Morgan fingerprint density at radius 3 is 2.67 bits per heavy atom. The van der Waals surface area contributed by atoms with Crippen LogP contribution in [0.1, 0.15) is 17.2 Å². The molecule has 21 heavy (non-hydrogen) atoms. The number of anilines is 2. The van der Waals surface area contributed by atoms with E-state index in [2.05, 4.69) is 38.3 Å². The molecule has 1 aliphatic heterocycles. The highest BCUT2D eigenvalue weighted by atomic mass is 79.9. The van der Waals surface area contributed by atoms with Gasteiger partial charge in [0.1, 0.15) is 6.04 Å². The van der Waals surface area contributed by atoms with Crippen molar-refractivity contribution in [3.8, 4) is 0 Å². The van der Waals surface area contributed by atoms with Crippen LogP contribution in [0, 0.1) is 0 Å². The van der Waals surface area contributed by atoms with Gasteiger partial charge in [0.25, 0.3) is 0 Å². The van der Waals surface area contributed by atoms with Crippen LogP contribution in [0.5, 0.6) is 0 Å². The van der Waals surface area contributed by atoms with Gasteiger partial charge in [-0.15, -0.1) is 0 Å². The molecule has 0 bridgehead atoms. The molecule has 0 aliphatic carbocycles. The molecule has 0 aromatic heterocycles. The highest BCUT2D eigenvalue weighted by molar-refractivity contribution is 9.10. The third-order valence-corrected chi connectivity index (χ3v) is 4.21. The summed E-state index contributed by atoms with van der Waals surface area (Å²) in [4.78, 5) is 13.7. The van der Waals surface area contributed by atoms with E-state index in [1.807, 2.05) is 37.4 Å². The molecule has 4 nitrogen and oxygen atoms in total. The van der Waals surface area contributed by atoms with Gasteiger partial charge < -0.3 is 16.0 Å². The van der Waals surface area contributed by atoms with Crippen molar-refractivity contribution in [2.45, 2.75) is 12.6 Å². The molecular weight excluding hydrogens is 330 g/mol. The van der Waals surface area contributed by atoms with E-state index in [9.17, 15) is 4.79 Å². The Hall–Kier alpha value is -1.85. The molecule has 3 N–H and O–H groups in total. The topological polar surface area (TPSA) is 58.4 Å². The van der Waals surface area contributed by atoms with Crippen molar-refractivity contribution in [3.05, 3.63) is 58.1 Å². The van der Waals surface area contributed by atoms with E-state index in [4.69, 9.17) is 5.73 Å². The molecule has 0 saturated heterocycles. The number of carbonyl (C=O) groups excluding carboxylic acids is 1. The maximum atomic E-state index is 11.6. The van der Waals surface area contributed by atoms with Crippen molar-refractivity contribution >= 4 is 33.2 Å². The van der Waals surface area contributed by atoms with Gasteiger partial charge in [0.05, 0.1) is 0 Å². The lowest BCUT2D eigenvalue weighted by molar-refractivity contribution is -0.116. The maximum absolute atomic E-state index is 11.6. The van der Waals surface area contributed by atoms with Crippen LogP contribution in [0.15, 0.2) is 46.9 Å². The number of rotatable bonds is 3. The van der Waals surface area contributed by atoms with Gasteiger partial charge in [-0.2, -0.15) is 0 Å². The monoisotopic (exact) mass is 345 g/mol. The average molecular weight is 346 g/mol. The molecule has 2 aromatic carbocycles. The Bertz CT molecular complexity index is 684. The number of hydrogen-bond acceptors (Lipinski definition) is 3. The van der Waals surface area contributed by atoms with Crippen LogP contribution in [0.3, 0.4) is 0 Å². The minimum Gasteiger partial charge on any atom is -0.370 e. The van der Waals surface area contributed by atoms with Crippen LogP contribution in [0.2, 0.25) is 0 Å². The second kappa shape index (κ2) is 5.50. The van der Waals surface area contributed by atoms with Gasteiger partial charge in [0.2, 0.25) is 5.91 Å². The Kier molecular flexibility index (Phi) is 3.69. The lowest BCUT2D eigenvalue weighted by Gasteiger charge is -2.20. The molecule has 5 heteroatoms. The summed E-state index contributed by atoms with van der Waals surface area (Å²) in [6, 6.07) is 13.6. The second-order valence-electron chi connectivity index (χ2n) is 5.22. The zero-order chi connectivity index (χ0) is 15.0. The number of nitrogens with two attached hydrogens (primary N) is 1. The summed E-state index contributed by atoms with van der Waals surface area (Å²) in [7, 11) is 2.03. The first-order chi connectivity index (χ1) is 10.0. The van der Waals surface area contributed by atoms with E-state index in [0.717, 1.165) is 28.0 Å². The van der Waals surface area contributed by atoms with Crippen LogP contribution in [-0.4, -0.2) is 13.0 Å². The third-order valence-electron chi connectivity index (χ3n) is 3.69. The normalized spacial score (nSPS) is 16.5. The number of fused-ring (bicyclic) bond motifs is 1. The molecule has 0 saturated carbocycles. The first-order valence-corrected chi connectivity index (χ1v) is 7.50. The minimum absolute atomic E-state index is 0.141. The lowest BCUT2D eigenvalue weighted by atomic mass is 10.1. The van der Waals surface area contributed by atoms with Crippen molar-refractivity contribution in [3.63, 3.8) is 0 Å². The van der Waals surface area contributed by atoms with Crippen molar-refractivity contribution in [2.75, 3.05) is 17.3 Å². The highest BCUT2D eigenvalue weighted by Crippen LogP contribution is 2.32. The van der Waals surface area contributed by atoms with Gasteiger partial charge in [-0.05, 0) is 29.8 Å². The van der Waals surface area contributed by atoms with Gasteiger partial charge in [0.15, 0.2) is 0 Å². The molecule has 0 radical (unpaired) electrons. The summed E-state index contributed by atoms with van der Waals surface area (Å²) in [5.74, 6) is -0.141. The molecule has 0 fully saturated rings. The third kappa shape index (κ3) is 2.80. The fraction of sp³-hybridized carbons (Fsp3) is 0.188. The summed E-state index contributed by atoms with van der Waals surface area (Å²) in [6.07, 6.45) is 0. The number of halogens is 1. The standard InChI is InChI=1S/C16H16BrN3O/c1-20(9-10-2-4-11(17)5-3-10)12-6-7-13-14(8-12)19-16(21)15(13)18/h2-8,15H,9,18H2,1H3,(H,19,21). The van der Waals surface area contributed by atoms with Crippen molar-refractivity contribution in [1.82, 2.24) is 0 Å². The van der Waals surface area contributed by atoms with Gasteiger partial charge in [0, 0.05) is 35.0 Å². The number of hydrogen-bond donors (Lipinski definition) is 2. The Labute approximate surface area is 132 Å². The minimum atomic E-state index is -0.550. The van der Waals surface area contributed by atoms with E-state index in [0.29, 0.717) is 0 Å². The Morgan fingerprint density at radius 1 is 1.24 bits per heavy atom. The second-order valence-corrected chi connectivity index (χ2v) is 6.14. The number of amides is 1. The van der Waals surface area contributed by atoms with Gasteiger partial charge in [-0.3, -0.25) is 4.79 Å². The highest BCUT2D eigenvalue weighted by Gasteiger charge is 2.27. The molecule has 1 heterocycles. The Balaban J connectivity index is 1.80. The SMILES string of the molecule is CN(Cc1ccc(Br)cc1)c1ccc2c(c1)NC(=O)C2N. The van der Waals surface area contributed by atoms with Crippen LogP contribution in [-0.2, 0) is 11.3 Å². The molecule has 108 valence electrons. The summed E-state index contributed by atoms with van der Waals surface area (Å²) in [5, 5.41) is 2.82. The predicted octanol–water partition coefficient (Wildman–Crippen LogP) is 3.04. The largest absolute Gasteiger partial charge is 0.370 e. The molecule has 1 atom stereocenters. The summed E-state index contributed by atoms with van der Waals surface area (Å²) < 4.78 is 1.07. The average Bonchev–Trinajstić information content (AvgIpc) is 2.76. The quantitative estimate of drug-likeness (QED) is 0.898. The van der Waals surface area contributed by atoms with Crippen LogP contribution in [0.4, 0.5) is 11.4 Å². The summed E-state index contributed by atoms with van der Waals surface area (Å²) in [5.41, 5.74) is 9.77. The van der Waals surface area contributed by atoms with E-state index in [-0.39, 0.29) is 5.91 Å². The predicted molar refractivity (Wildman–Crippen MR) is 88.2 cm³/mol. The summed E-state index contributed by atoms with van der Waals surface area (Å²) in [6.45, 7) is 0.798. The molecule has 1 aliphatic rings. The van der Waals surface area contributed by atoms with Gasteiger partial charge >= 0.3 is 0 Å². The van der Waals surface area contributed by atoms with Crippen molar-refractivity contribution in [2.24, 2.45) is 5.73 Å². The lowest BCUT2D eigenvalue weighted by Crippen LogP contribution is -2.19. The first-order valence-electron chi connectivity index (χ1n) is 6.70. The van der Waals surface area contributed by atoms with Gasteiger partial charge in [-0.1, -0.05) is 34.1 Å². The number of nitrogens with one attached hydrogen (secondary N) is 1. The van der Waals surface area contributed by atoms with E-state index >= 15 is 0 Å². The van der Waals surface area contributed by atoms with E-state index in [1.54, 1.807) is 0 Å². The summed E-state index contributed by atoms with van der Waals surface area (Å²) >= 11 is 3.44. The van der Waals surface area contributed by atoms with E-state index < -0.39 is 6.04 Å². The zero-order valence-electron chi connectivity index (χ0n) is 11.6. The fourth-order valence-corrected chi connectivity index (χ4v) is 2.73. The Morgan fingerprint density at radius 2 is 1.95 bits per heavy atom. The first kappa shape index (κ1) is 14.1. The zero-order valence-corrected chi connectivity index (χ0v) is 13.2. The molecule has 3 rings (SSSR count). The molecule has 1 amide bonds. The molecular formula is C16H16BrN3O. The van der Waals surface area contributed by atoms with Crippen molar-refractivity contribution < 1.29 is 4.79 Å². The molecule has 0 spiro atoms. The number of nitrogens with zero attached hydrogens (tertiary/aromatic N) is 1. The maximum Gasteiger partial charge on any atom is 0.245 e. The van der Waals surface area contributed by atoms with Crippen LogP contribution in [0.25, 0.3) is 0 Å². The molecule has 2 aromatic rings. The number of carbonyl (C=O) groups is 1.